The highest BCUT2D eigenvalue weighted by Gasteiger charge is 2.44. The molecule has 27 heavy (non-hydrogen) atoms. The van der Waals surface area contributed by atoms with Crippen molar-refractivity contribution >= 4 is 18.3 Å². The SMILES string of the molecule is Cl.O=C(NCc1ccc2c(c1)CNC2)C1CC1c1ccc2c(c1)OCCO2. The Labute approximate surface area is 164 Å². The van der Waals surface area contributed by atoms with E-state index in [4.69, 9.17) is 9.47 Å². The van der Waals surface area contributed by atoms with Crippen molar-refractivity contribution in [2.45, 2.75) is 32.0 Å². The van der Waals surface area contributed by atoms with Gasteiger partial charge in [0.05, 0.1) is 0 Å². The molecule has 142 valence electrons. The second-order valence-electron chi connectivity index (χ2n) is 7.28. The van der Waals surface area contributed by atoms with Crippen molar-refractivity contribution in [3.63, 3.8) is 0 Å². The number of hydrogen-bond acceptors (Lipinski definition) is 4. The van der Waals surface area contributed by atoms with E-state index in [1.165, 1.54) is 11.1 Å². The van der Waals surface area contributed by atoms with Crippen LogP contribution in [0.1, 0.15) is 34.6 Å². The van der Waals surface area contributed by atoms with Gasteiger partial charge in [0.15, 0.2) is 11.5 Å². The summed E-state index contributed by atoms with van der Waals surface area (Å²) in [5.41, 5.74) is 5.04. The van der Waals surface area contributed by atoms with Crippen molar-refractivity contribution in [3.8, 4) is 11.5 Å². The zero-order valence-corrected chi connectivity index (χ0v) is 15.8. The monoisotopic (exact) mass is 386 g/mol. The van der Waals surface area contributed by atoms with Crippen LogP contribution in [-0.2, 0) is 24.4 Å². The van der Waals surface area contributed by atoms with Crippen molar-refractivity contribution in [3.05, 3.63) is 58.7 Å². The third kappa shape index (κ3) is 3.62. The molecule has 5 rings (SSSR count). The van der Waals surface area contributed by atoms with Gasteiger partial charge >= 0.3 is 0 Å². The van der Waals surface area contributed by atoms with E-state index in [0.29, 0.717) is 19.8 Å². The van der Waals surface area contributed by atoms with Gasteiger partial charge < -0.3 is 20.1 Å². The highest BCUT2D eigenvalue weighted by Crippen LogP contribution is 2.49. The second kappa shape index (κ2) is 7.41. The van der Waals surface area contributed by atoms with Gasteiger partial charge in [-0.25, -0.2) is 0 Å². The number of halogens is 1. The molecule has 3 aliphatic rings. The van der Waals surface area contributed by atoms with Crippen LogP contribution in [0.5, 0.6) is 11.5 Å². The Balaban J connectivity index is 0.00000180. The molecule has 2 heterocycles. The molecular weight excluding hydrogens is 364 g/mol. The molecule has 0 aromatic heterocycles. The van der Waals surface area contributed by atoms with Crippen molar-refractivity contribution in [2.24, 2.45) is 5.92 Å². The Morgan fingerprint density at radius 3 is 2.74 bits per heavy atom. The average molecular weight is 387 g/mol. The summed E-state index contributed by atoms with van der Waals surface area (Å²) in [6, 6.07) is 12.5. The van der Waals surface area contributed by atoms with Crippen LogP contribution in [0.4, 0.5) is 0 Å². The van der Waals surface area contributed by atoms with Crippen LogP contribution < -0.4 is 20.1 Å². The standard InChI is InChI=1S/C21H22N2O3.ClH/c24-21(23-10-13-1-2-15-11-22-12-16(15)7-13)18-9-17(18)14-3-4-19-20(8-14)26-6-5-25-19;/h1-4,7-8,17-18,22H,5-6,9-12H2,(H,23,24);1H. The van der Waals surface area contributed by atoms with E-state index >= 15 is 0 Å². The molecule has 6 heteroatoms. The summed E-state index contributed by atoms with van der Waals surface area (Å²) in [5, 5.41) is 6.45. The Morgan fingerprint density at radius 1 is 1.04 bits per heavy atom. The molecule has 0 bridgehead atoms. The van der Waals surface area contributed by atoms with Gasteiger partial charge in [0.2, 0.25) is 5.91 Å². The maximum atomic E-state index is 12.5. The quantitative estimate of drug-likeness (QED) is 0.848. The summed E-state index contributed by atoms with van der Waals surface area (Å²) in [5.74, 6) is 2.09. The minimum Gasteiger partial charge on any atom is -0.486 e. The van der Waals surface area contributed by atoms with Crippen molar-refractivity contribution in [2.75, 3.05) is 13.2 Å². The zero-order chi connectivity index (χ0) is 17.5. The topological polar surface area (TPSA) is 59.6 Å². The Kier molecular flexibility index (Phi) is 4.98. The number of ether oxygens (including phenoxy) is 2. The van der Waals surface area contributed by atoms with E-state index in [1.807, 2.05) is 12.1 Å². The van der Waals surface area contributed by atoms with Crippen molar-refractivity contribution in [1.82, 2.24) is 10.6 Å². The van der Waals surface area contributed by atoms with Gasteiger partial charge in [0.25, 0.3) is 0 Å². The average Bonchev–Trinajstić information content (AvgIpc) is 3.35. The first kappa shape index (κ1) is 18.1. The lowest BCUT2D eigenvalue weighted by Crippen LogP contribution is -2.25. The molecule has 2 aliphatic heterocycles. The minimum absolute atomic E-state index is 0. The summed E-state index contributed by atoms with van der Waals surface area (Å²) in [6.45, 7) is 3.64. The molecule has 2 atom stereocenters. The molecule has 2 aromatic carbocycles. The van der Waals surface area contributed by atoms with E-state index in [1.54, 1.807) is 0 Å². The lowest BCUT2D eigenvalue weighted by atomic mass is 10.1. The molecule has 0 saturated heterocycles. The third-order valence-corrected chi connectivity index (χ3v) is 5.49. The van der Waals surface area contributed by atoms with Crippen LogP contribution in [0.25, 0.3) is 0 Å². The van der Waals surface area contributed by atoms with Gasteiger partial charge in [0, 0.05) is 25.6 Å². The molecule has 2 unspecified atom stereocenters. The van der Waals surface area contributed by atoms with Crippen LogP contribution in [0.15, 0.2) is 36.4 Å². The fourth-order valence-electron chi connectivity index (χ4n) is 3.92. The fourth-order valence-corrected chi connectivity index (χ4v) is 3.92. The third-order valence-electron chi connectivity index (χ3n) is 5.49. The number of carbonyl (C=O) groups excluding carboxylic acids is 1. The summed E-state index contributed by atoms with van der Waals surface area (Å²) >= 11 is 0. The van der Waals surface area contributed by atoms with Crippen LogP contribution in [0.3, 0.4) is 0 Å². The fraction of sp³-hybridized carbons (Fsp3) is 0.381. The predicted octanol–water partition coefficient (Wildman–Crippen LogP) is 2.90. The smallest absolute Gasteiger partial charge is 0.224 e. The van der Waals surface area contributed by atoms with E-state index in [2.05, 4.69) is 34.9 Å². The maximum Gasteiger partial charge on any atom is 0.224 e. The van der Waals surface area contributed by atoms with Gasteiger partial charge in [-0.15, -0.1) is 12.4 Å². The summed E-state index contributed by atoms with van der Waals surface area (Å²) in [6.07, 6.45) is 0.902. The van der Waals surface area contributed by atoms with E-state index in [-0.39, 0.29) is 30.2 Å². The van der Waals surface area contributed by atoms with Crippen LogP contribution >= 0.6 is 12.4 Å². The summed E-state index contributed by atoms with van der Waals surface area (Å²) in [4.78, 5) is 12.5. The van der Waals surface area contributed by atoms with Gasteiger partial charge in [0.1, 0.15) is 13.2 Å². The number of benzene rings is 2. The highest BCUT2D eigenvalue weighted by molar-refractivity contribution is 5.85. The second-order valence-corrected chi connectivity index (χ2v) is 7.28. The molecule has 1 saturated carbocycles. The first-order chi connectivity index (χ1) is 12.8. The molecule has 1 fully saturated rings. The molecule has 0 spiro atoms. The van der Waals surface area contributed by atoms with E-state index in [0.717, 1.165) is 42.1 Å². The normalized spacial score (nSPS) is 21.8. The van der Waals surface area contributed by atoms with E-state index < -0.39 is 0 Å². The maximum absolute atomic E-state index is 12.5. The zero-order valence-electron chi connectivity index (χ0n) is 15.0. The predicted molar refractivity (Wildman–Crippen MR) is 104 cm³/mol. The number of fused-ring (bicyclic) bond motifs is 2. The molecule has 1 aliphatic carbocycles. The molecule has 2 N–H and O–H groups in total. The lowest BCUT2D eigenvalue weighted by Gasteiger charge is -2.18. The Hall–Kier alpha value is -2.24. The molecule has 5 nitrogen and oxygen atoms in total. The largest absolute Gasteiger partial charge is 0.486 e. The number of amides is 1. The number of nitrogens with one attached hydrogen (secondary N) is 2. The highest BCUT2D eigenvalue weighted by atomic mass is 35.5. The van der Waals surface area contributed by atoms with Crippen LogP contribution in [0, 0.1) is 5.92 Å². The molecule has 1 amide bonds. The first-order valence-corrected chi connectivity index (χ1v) is 9.26. The first-order valence-electron chi connectivity index (χ1n) is 9.26. The van der Waals surface area contributed by atoms with E-state index in [9.17, 15) is 4.79 Å². The number of hydrogen-bond donors (Lipinski definition) is 2. The Bertz CT molecular complexity index is 871. The van der Waals surface area contributed by atoms with Crippen molar-refractivity contribution in [1.29, 1.82) is 0 Å². The van der Waals surface area contributed by atoms with Gasteiger partial charge in [-0.3, -0.25) is 4.79 Å². The summed E-state index contributed by atoms with van der Waals surface area (Å²) < 4.78 is 11.2. The molecule has 2 aromatic rings. The van der Waals surface area contributed by atoms with Gasteiger partial charge in [-0.2, -0.15) is 0 Å². The van der Waals surface area contributed by atoms with Crippen LogP contribution in [-0.4, -0.2) is 19.1 Å². The molecular formula is C21H23ClN2O3. The Morgan fingerprint density at radius 2 is 1.85 bits per heavy atom. The molecule has 0 radical (unpaired) electrons. The van der Waals surface area contributed by atoms with Crippen LogP contribution in [0.2, 0.25) is 0 Å². The van der Waals surface area contributed by atoms with Gasteiger partial charge in [-0.05, 0) is 46.7 Å². The lowest BCUT2D eigenvalue weighted by molar-refractivity contribution is -0.122. The number of carbonyl (C=O) groups is 1. The minimum atomic E-state index is 0. The number of rotatable bonds is 4. The van der Waals surface area contributed by atoms with Crippen molar-refractivity contribution < 1.29 is 14.3 Å². The van der Waals surface area contributed by atoms with Gasteiger partial charge in [-0.1, -0.05) is 24.3 Å². The summed E-state index contributed by atoms with van der Waals surface area (Å²) in [7, 11) is 0.